The second-order valence-electron chi connectivity index (χ2n) is 6.10. The van der Waals surface area contributed by atoms with E-state index in [2.05, 4.69) is 5.10 Å². The molecule has 0 atom stereocenters. The Morgan fingerprint density at radius 3 is 2.80 bits per heavy atom. The second kappa shape index (κ2) is 8.10. The minimum Gasteiger partial charge on any atom is -0.459 e. The monoisotopic (exact) mass is 383 g/mol. The van der Waals surface area contributed by atoms with Crippen molar-refractivity contribution in [3.8, 4) is 0 Å². The summed E-state index contributed by atoms with van der Waals surface area (Å²) >= 11 is 11.3. The Morgan fingerprint density at radius 2 is 2.12 bits per heavy atom. The molecular formula is C17H19ClFN3O2S. The summed E-state index contributed by atoms with van der Waals surface area (Å²) in [6.45, 7) is 0.555. The molecular weight excluding hydrogens is 365 g/mol. The first kappa shape index (κ1) is 18.1. The van der Waals surface area contributed by atoms with Crippen LogP contribution in [0.3, 0.4) is 0 Å². The molecule has 1 heterocycles. The molecule has 1 aliphatic carbocycles. The van der Waals surface area contributed by atoms with Crippen LogP contribution in [-0.4, -0.2) is 35.0 Å². The first-order valence-electron chi connectivity index (χ1n) is 8.36. The highest BCUT2D eigenvalue weighted by atomic mass is 35.5. The molecule has 1 aromatic rings. The van der Waals surface area contributed by atoms with Crippen molar-refractivity contribution in [2.45, 2.75) is 44.6 Å². The summed E-state index contributed by atoms with van der Waals surface area (Å²) < 4.78 is 20.1. The first-order valence-corrected chi connectivity index (χ1v) is 9.15. The Hall–Kier alpha value is -1.73. The van der Waals surface area contributed by atoms with E-state index in [4.69, 9.17) is 28.6 Å². The van der Waals surface area contributed by atoms with E-state index >= 15 is 0 Å². The third kappa shape index (κ3) is 4.27. The molecule has 1 saturated carbocycles. The van der Waals surface area contributed by atoms with Crippen LogP contribution in [0.15, 0.2) is 23.3 Å². The predicted octanol–water partition coefficient (Wildman–Crippen LogP) is 4.50. The van der Waals surface area contributed by atoms with E-state index in [1.165, 1.54) is 23.2 Å². The number of thiocarbonyl (C=S) groups is 1. The Kier molecular flexibility index (Phi) is 5.86. The molecule has 0 amide bonds. The van der Waals surface area contributed by atoms with Gasteiger partial charge < -0.3 is 4.74 Å². The molecule has 0 bridgehead atoms. The Labute approximate surface area is 156 Å². The first-order chi connectivity index (χ1) is 12.1. The van der Waals surface area contributed by atoms with E-state index in [0.717, 1.165) is 38.5 Å². The Balaban J connectivity index is 1.75. The molecule has 0 spiro atoms. The van der Waals surface area contributed by atoms with Crippen LogP contribution in [0.4, 0.5) is 10.2 Å². The highest BCUT2D eigenvalue weighted by molar-refractivity contribution is 7.80. The van der Waals surface area contributed by atoms with Crippen LogP contribution in [0.1, 0.15) is 48.9 Å². The summed E-state index contributed by atoms with van der Waals surface area (Å²) in [5, 5.41) is 5.99. The fourth-order valence-electron chi connectivity index (χ4n) is 2.92. The van der Waals surface area contributed by atoms with Gasteiger partial charge in [-0.15, -0.1) is 0 Å². The highest BCUT2D eigenvalue weighted by Gasteiger charge is 2.24. The fourth-order valence-corrected chi connectivity index (χ4v) is 3.35. The summed E-state index contributed by atoms with van der Waals surface area (Å²) in [5.74, 6) is -0.533. The number of hydrogen-bond donors (Lipinski definition) is 0. The maximum Gasteiger partial charge on any atom is 0.340 e. The van der Waals surface area contributed by atoms with Gasteiger partial charge in [-0.05, 0) is 68.9 Å². The molecule has 3 rings (SSSR count). The van der Waals surface area contributed by atoms with Crippen molar-refractivity contribution in [1.82, 2.24) is 5.01 Å². The maximum absolute atomic E-state index is 14.7. The number of carbonyl (C=O) groups is 1. The summed E-state index contributed by atoms with van der Waals surface area (Å²) in [6.07, 6.45) is 7.14. The lowest BCUT2D eigenvalue weighted by Crippen LogP contribution is -2.37. The number of hydrazone groups is 1. The van der Waals surface area contributed by atoms with Crippen molar-refractivity contribution in [2.24, 2.45) is 5.10 Å². The van der Waals surface area contributed by atoms with Crippen LogP contribution < -0.4 is 5.12 Å². The SMILES string of the molecule is O=C(OC1CCCC1)c1cc(N(F)C(=S)N2CCCC=N2)ccc1Cl. The van der Waals surface area contributed by atoms with Crippen molar-refractivity contribution < 1.29 is 14.0 Å². The average molecular weight is 384 g/mol. The summed E-state index contributed by atoms with van der Waals surface area (Å²) in [5.41, 5.74) is 0.257. The van der Waals surface area contributed by atoms with E-state index in [9.17, 15) is 9.28 Å². The Bertz CT molecular complexity index is 694. The lowest BCUT2D eigenvalue weighted by atomic mass is 10.2. The predicted molar refractivity (Wildman–Crippen MR) is 99.7 cm³/mol. The van der Waals surface area contributed by atoms with E-state index in [1.807, 2.05) is 0 Å². The van der Waals surface area contributed by atoms with Gasteiger partial charge >= 0.3 is 5.97 Å². The van der Waals surface area contributed by atoms with E-state index < -0.39 is 5.97 Å². The summed E-state index contributed by atoms with van der Waals surface area (Å²) in [6, 6.07) is 4.30. The number of anilines is 1. The lowest BCUT2D eigenvalue weighted by Gasteiger charge is -2.26. The zero-order valence-corrected chi connectivity index (χ0v) is 15.2. The zero-order chi connectivity index (χ0) is 17.8. The van der Waals surface area contributed by atoms with Gasteiger partial charge in [0.25, 0.3) is 0 Å². The molecule has 134 valence electrons. The van der Waals surface area contributed by atoms with Crippen molar-refractivity contribution in [1.29, 1.82) is 0 Å². The lowest BCUT2D eigenvalue weighted by molar-refractivity contribution is 0.0318. The van der Waals surface area contributed by atoms with Crippen LogP contribution in [0.5, 0.6) is 0 Å². The molecule has 8 heteroatoms. The highest BCUT2D eigenvalue weighted by Crippen LogP contribution is 2.28. The molecule has 0 N–H and O–H groups in total. The molecule has 1 fully saturated rings. The second-order valence-corrected chi connectivity index (χ2v) is 6.88. The van der Waals surface area contributed by atoms with Gasteiger partial charge in [-0.25, -0.2) is 9.80 Å². The summed E-state index contributed by atoms with van der Waals surface area (Å²) in [7, 11) is 0. The molecule has 1 aromatic carbocycles. The van der Waals surface area contributed by atoms with Crippen molar-refractivity contribution in [2.75, 3.05) is 11.7 Å². The minimum absolute atomic E-state index is 0.0756. The van der Waals surface area contributed by atoms with Crippen LogP contribution in [0, 0.1) is 0 Å². The molecule has 2 aliphatic rings. The van der Waals surface area contributed by atoms with Crippen LogP contribution in [0.25, 0.3) is 0 Å². The molecule has 0 unspecified atom stereocenters. The molecule has 0 saturated heterocycles. The minimum atomic E-state index is -0.533. The number of rotatable bonds is 3. The maximum atomic E-state index is 14.7. The van der Waals surface area contributed by atoms with E-state index in [0.29, 0.717) is 11.7 Å². The molecule has 1 aliphatic heterocycles. The number of nitrogens with zero attached hydrogens (tertiary/aromatic N) is 3. The van der Waals surface area contributed by atoms with Gasteiger partial charge in [-0.1, -0.05) is 16.1 Å². The number of esters is 1. The van der Waals surface area contributed by atoms with Crippen molar-refractivity contribution in [3.63, 3.8) is 0 Å². The topological polar surface area (TPSA) is 45.1 Å². The average Bonchev–Trinajstić information content (AvgIpc) is 3.14. The fraction of sp³-hybridized carbons (Fsp3) is 0.471. The van der Waals surface area contributed by atoms with Gasteiger partial charge in [0.2, 0.25) is 5.11 Å². The molecule has 0 radical (unpaired) electrons. The Morgan fingerprint density at radius 1 is 1.36 bits per heavy atom. The van der Waals surface area contributed by atoms with Gasteiger partial charge in [-0.2, -0.15) is 10.2 Å². The van der Waals surface area contributed by atoms with Crippen molar-refractivity contribution >= 4 is 46.8 Å². The molecule has 0 aromatic heterocycles. The van der Waals surface area contributed by atoms with Crippen LogP contribution >= 0.6 is 23.8 Å². The standard InChI is InChI=1S/C17H19ClFN3O2S/c18-15-8-7-12(22(19)17(25)21-10-4-3-9-20-21)11-14(15)16(23)24-13-5-1-2-6-13/h7-9,11,13H,1-6,10H2. The van der Waals surface area contributed by atoms with Crippen LogP contribution in [-0.2, 0) is 4.74 Å². The smallest absolute Gasteiger partial charge is 0.340 e. The number of carbonyl (C=O) groups excluding carboxylic acids is 1. The molecule has 5 nitrogen and oxygen atoms in total. The van der Waals surface area contributed by atoms with Crippen molar-refractivity contribution in [3.05, 3.63) is 28.8 Å². The zero-order valence-electron chi connectivity index (χ0n) is 13.7. The van der Waals surface area contributed by atoms with Gasteiger partial charge in [0.15, 0.2) is 0 Å². The van der Waals surface area contributed by atoms with Gasteiger partial charge in [0, 0.05) is 12.8 Å². The number of benzene rings is 1. The van der Waals surface area contributed by atoms with Gasteiger partial charge in [0.1, 0.15) is 6.10 Å². The van der Waals surface area contributed by atoms with Gasteiger partial charge in [-0.3, -0.25) is 0 Å². The van der Waals surface area contributed by atoms with E-state index in [1.54, 1.807) is 6.21 Å². The third-order valence-corrected chi connectivity index (χ3v) is 4.99. The van der Waals surface area contributed by atoms with Crippen LogP contribution in [0.2, 0.25) is 5.02 Å². The number of halogens is 2. The number of hydrogen-bond acceptors (Lipinski definition) is 4. The normalized spacial score (nSPS) is 17.6. The third-order valence-electron chi connectivity index (χ3n) is 4.29. The summed E-state index contributed by atoms with van der Waals surface area (Å²) in [4.78, 5) is 12.4. The van der Waals surface area contributed by atoms with E-state index in [-0.39, 0.29) is 27.5 Å². The largest absolute Gasteiger partial charge is 0.459 e. The number of ether oxygens (including phenoxy) is 1. The van der Waals surface area contributed by atoms with Gasteiger partial charge in [0.05, 0.1) is 16.3 Å². The quantitative estimate of drug-likeness (QED) is 0.437. The molecule has 25 heavy (non-hydrogen) atoms.